The summed E-state index contributed by atoms with van der Waals surface area (Å²) in [5, 5.41) is 8.82. The quantitative estimate of drug-likeness (QED) is 0.752. The predicted octanol–water partition coefficient (Wildman–Crippen LogP) is 0.988. The third-order valence-corrected chi connectivity index (χ3v) is 1.75. The molecule has 0 unspecified atom stereocenters. The minimum absolute atomic E-state index is 0.154. The van der Waals surface area contributed by atoms with Crippen LogP contribution in [0.5, 0.6) is 0 Å². The standard InChI is InChI=1S/C10H9FN2O2/c1-3-4-13(2)9-8(10(14)15)5-7(11)6-12-9/h1,5-6H,4H2,2H3,(H,14,15). The molecule has 0 atom stereocenters. The summed E-state index contributed by atoms with van der Waals surface area (Å²) in [7, 11) is 1.59. The SMILES string of the molecule is C#CCN(C)c1ncc(F)cc1C(=O)O. The third kappa shape index (κ3) is 2.44. The summed E-state index contributed by atoms with van der Waals surface area (Å²) in [4.78, 5) is 16.0. The number of halogens is 1. The number of pyridine rings is 1. The summed E-state index contributed by atoms with van der Waals surface area (Å²) in [5.41, 5.74) is -0.201. The van der Waals surface area contributed by atoms with Crippen LogP contribution in [-0.4, -0.2) is 29.7 Å². The highest BCUT2D eigenvalue weighted by molar-refractivity contribution is 5.93. The van der Waals surface area contributed by atoms with Crippen molar-refractivity contribution in [2.24, 2.45) is 0 Å². The molecule has 1 rings (SSSR count). The minimum atomic E-state index is -1.24. The second-order valence-corrected chi connectivity index (χ2v) is 2.89. The first-order valence-corrected chi connectivity index (χ1v) is 4.09. The third-order valence-electron chi connectivity index (χ3n) is 1.75. The second-order valence-electron chi connectivity index (χ2n) is 2.89. The summed E-state index contributed by atoms with van der Waals surface area (Å²) in [6.45, 7) is 0.207. The molecule has 1 N–H and O–H groups in total. The second kappa shape index (κ2) is 4.42. The highest BCUT2D eigenvalue weighted by atomic mass is 19.1. The molecule has 1 heterocycles. The first kappa shape index (κ1) is 11.0. The van der Waals surface area contributed by atoms with Crippen LogP contribution in [0.1, 0.15) is 10.4 Å². The Morgan fingerprint density at radius 3 is 3.00 bits per heavy atom. The summed E-state index contributed by atoms with van der Waals surface area (Å²) >= 11 is 0. The van der Waals surface area contributed by atoms with Crippen LogP contribution in [0, 0.1) is 18.2 Å². The molecule has 0 aliphatic carbocycles. The van der Waals surface area contributed by atoms with Crippen molar-refractivity contribution in [1.82, 2.24) is 4.98 Å². The summed E-state index contributed by atoms with van der Waals surface area (Å²) in [5.74, 6) is 0.576. The van der Waals surface area contributed by atoms with Gasteiger partial charge in [-0.2, -0.15) is 0 Å². The van der Waals surface area contributed by atoms with Crippen LogP contribution in [0.3, 0.4) is 0 Å². The lowest BCUT2D eigenvalue weighted by atomic mass is 10.2. The summed E-state index contributed by atoms with van der Waals surface area (Å²) < 4.78 is 12.8. The van der Waals surface area contributed by atoms with Crippen molar-refractivity contribution in [2.45, 2.75) is 0 Å². The minimum Gasteiger partial charge on any atom is -0.478 e. The van der Waals surface area contributed by atoms with Crippen LogP contribution in [0.25, 0.3) is 0 Å². The monoisotopic (exact) mass is 208 g/mol. The van der Waals surface area contributed by atoms with Gasteiger partial charge >= 0.3 is 5.97 Å². The number of aromatic carboxylic acids is 1. The molecule has 1 aromatic rings. The molecule has 0 aliphatic heterocycles. The van der Waals surface area contributed by atoms with Crippen molar-refractivity contribution in [2.75, 3.05) is 18.5 Å². The number of carbonyl (C=O) groups is 1. The van der Waals surface area contributed by atoms with E-state index in [2.05, 4.69) is 10.9 Å². The van der Waals surface area contributed by atoms with Crippen molar-refractivity contribution in [1.29, 1.82) is 0 Å². The molecule has 0 aliphatic rings. The first-order chi connectivity index (χ1) is 7.06. The topological polar surface area (TPSA) is 53.4 Å². The van der Waals surface area contributed by atoms with E-state index in [1.165, 1.54) is 4.90 Å². The number of rotatable bonds is 3. The molecule has 0 spiro atoms. The normalized spacial score (nSPS) is 9.40. The maximum Gasteiger partial charge on any atom is 0.339 e. The Kier molecular flexibility index (Phi) is 3.24. The molecule has 5 heteroatoms. The fourth-order valence-corrected chi connectivity index (χ4v) is 1.11. The molecule has 1 aromatic heterocycles. The maximum atomic E-state index is 12.8. The molecule has 15 heavy (non-hydrogen) atoms. The van der Waals surface area contributed by atoms with Crippen molar-refractivity contribution in [3.63, 3.8) is 0 Å². The average molecular weight is 208 g/mol. The van der Waals surface area contributed by atoms with Crippen LogP contribution < -0.4 is 4.90 Å². The van der Waals surface area contributed by atoms with Gasteiger partial charge in [0.15, 0.2) is 0 Å². The van der Waals surface area contributed by atoms with E-state index in [-0.39, 0.29) is 17.9 Å². The molecule has 4 nitrogen and oxygen atoms in total. The molecular formula is C10H9FN2O2. The number of aromatic nitrogens is 1. The molecule has 78 valence electrons. The van der Waals surface area contributed by atoms with Gasteiger partial charge in [0.2, 0.25) is 0 Å². The zero-order chi connectivity index (χ0) is 11.4. The van der Waals surface area contributed by atoms with E-state index in [1.807, 2.05) is 0 Å². The average Bonchev–Trinajstić information content (AvgIpc) is 2.17. The fourth-order valence-electron chi connectivity index (χ4n) is 1.11. The molecule has 0 saturated carbocycles. The summed E-state index contributed by atoms with van der Waals surface area (Å²) in [6, 6.07) is 0.914. The van der Waals surface area contributed by atoms with Gasteiger partial charge in [0.05, 0.1) is 12.7 Å². The fraction of sp³-hybridized carbons (Fsp3) is 0.200. The number of hydrogen-bond donors (Lipinski definition) is 1. The van der Waals surface area contributed by atoms with Gasteiger partial charge < -0.3 is 10.0 Å². The van der Waals surface area contributed by atoms with Gasteiger partial charge in [-0.15, -0.1) is 6.42 Å². The number of hydrogen-bond acceptors (Lipinski definition) is 3. The number of nitrogens with zero attached hydrogens (tertiary/aromatic N) is 2. The molecule has 0 fully saturated rings. The van der Waals surface area contributed by atoms with Gasteiger partial charge in [0, 0.05) is 7.05 Å². The van der Waals surface area contributed by atoms with Crippen LogP contribution >= 0.6 is 0 Å². The van der Waals surface area contributed by atoms with Gasteiger partial charge in [-0.1, -0.05) is 5.92 Å². The van der Waals surface area contributed by atoms with Gasteiger partial charge in [-0.25, -0.2) is 14.2 Å². The molecule has 0 saturated heterocycles. The van der Waals surface area contributed by atoms with E-state index in [9.17, 15) is 9.18 Å². The van der Waals surface area contributed by atoms with E-state index in [0.717, 1.165) is 12.3 Å². The van der Waals surface area contributed by atoms with Crippen molar-refractivity contribution >= 4 is 11.8 Å². The van der Waals surface area contributed by atoms with Gasteiger partial charge in [0.1, 0.15) is 17.2 Å². The van der Waals surface area contributed by atoms with E-state index >= 15 is 0 Å². The Labute approximate surface area is 86.4 Å². The molecule has 0 amide bonds. The Hall–Kier alpha value is -2.09. The molecule has 0 radical (unpaired) electrons. The van der Waals surface area contributed by atoms with E-state index in [0.29, 0.717) is 0 Å². The van der Waals surface area contributed by atoms with E-state index in [1.54, 1.807) is 7.05 Å². The number of carboxylic acids is 1. The first-order valence-electron chi connectivity index (χ1n) is 4.09. The van der Waals surface area contributed by atoms with Crippen LogP contribution in [0.4, 0.5) is 10.2 Å². The molecule has 0 aromatic carbocycles. The number of terminal acetylenes is 1. The van der Waals surface area contributed by atoms with Crippen LogP contribution in [0.2, 0.25) is 0 Å². The van der Waals surface area contributed by atoms with Crippen molar-refractivity contribution < 1.29 is 14.3 Å². The van der Waals surface area contributed by atoms with Crippen LogP contribution in [0.15, 0.2) is 12.3 Å². The van der Waals surface area contributed by atoms with Gasteiger partial charge in [0.25, 0.3) is 0 Å². The Bertz CT molecular complexity index is 426. The van der Waals surface area contributed by atoms with E-state index in [4.69, 9.17) is 11.5 Å². The van der Waals surface area contributed by atoms with Crippen molar-refractivity contribution in [3.05, 3.63) is 23.6 Å². The highest BCUT2D eigenvalue weighted by Gasteiger charge is 2.15. The predicted molar refractivity (Wildman–Crippen MR) is 53.3 cm³/mol. The molecular weight excluding hydrogens is 199 g/mol. The molecule has 0 bridgehead atoms. The lowest BCUT2D eigenvalue weighted by molar-refractivity contribution is 0.0696. The van der Waals surface area contributed by atoms with Crippen LogP contribution in [-0.2, 0) is 0 Å². The number of anilines is 1. The van der Waals surface area contributed by atoms with Crippen molar-refractivity contribution in [3.8, 4) is 12.3 Å². The Morgan fingerprint density at radius 1 is 1.80 bits per heavy atom. The zero-order valence-corrected chi connectivity index (χ0v) is 8.07. The highest BCUT2D eigenvalue weighted by Crippen LogP contribution is 2.16. The van der Waals surface area contributed by atoms with Gasteiger partial charge in [-0.05, 0) is 6.07 Å². The van der Waals surface area contributed by atoms with E-state index < -0.39 is 11.8 Å². The smallest absolute Gasteiger partial charge is 0.339 e. The largest absolute Gasteiger partial charge is 0.478 e. The lowest BCUT2D eigenvalue weighted by Crippen LogP contribution is -2.21. The Balaban J connectivity index is 3.17. The zero-order valence-electron chi connectivity index (χ0n) is 8.07. The summed E-state index contributed by atoms with van der Waals surface area (Å²) in [6.07, 6.45) is 6.04. The van der Waals surface area contributed by atoms with Gasteiger partial charge in [-0.3, -0.25) is 0 Å². The number of carboxylic acid groups (broad SMARTS) is 1. The Morgan fingerprint density at radius 2 is 2.47 bits per heavy atom. The maximum absolute atomic E-state index is 12.8. The lowest BCUT2D eigenvalue weighted by Gasteiger charge is -2.16.